The van der Waals surface area contributed by atoms with Gasteiger partial charge in [-0.1, -0.05) is 5.16 Å². The molecule has 2 aromatic rings. The molecular weight excluding hydrogens is 324 g/mol. The van der Waals surface area contributed by atoms with Crippen molar-refractivity contribution in [2.75, 3.05) is 12.3 Å². The molecule has 0 saturated carbocycles. The van der Waals surface area contributed by atoms with E-state index in [-0.39, 0.29) is 5.56 Å². The lowest BCUT2D eigenvalue weighted by molar-refractivity contribution is 0.215. The number of aromatic nitrogens is 3. The van der Waals surface area contributed by atoms with Crippen molar-refractivity contribution < 1.29 is 4.52 Å². The lowest BCUT2D eigenvalue weighted by Crippen LogP contribution is -2.37. The molecule has 24 heavy (non-hydrogen) atoms. The third-order valence-electron chi connectivity index (χ3n) is 5.01. The quantitative estimate of drug-likeness (QED) is 0.844. The molecular formula is C17H22N4O2S. The standard InChI is InChI=1S/C17H22N4O2S/c1-12-14(8-18-23-12)9-20-5-2-3-15(20)10-21-17(22)7-13-11-24-6-4-16(13)19-21/h7-8,15H,2-6,9-11H2,1H3. The summed E-state index contributed by atoms with van der Waals surface area (Å²) in [5.74, 6) is 2.89. The molecule has 7 heteroatoms. The normalized spacial score (nSPS) is 21.1. The van der Waals surface area contributed by atoms with Crippen LogP contribution < -0.4 is 5.56 Å². The highest BCUT2D eigenvalue weighted by molar-refractivity contribution is 7.98. The van der Waals surface area contributed by atoms with Gasteiger partial charge in [0, 0.05) is 36.4 Å². The molecule has 1 unspecified atom stereocenters. The summed E-state index contributed by atoms with van der Waals surface area (Å²) in [7, 11) is 0. The molecule has 1 atom stereocenters. The van der Waals surface area contributed by atoms with Gasteiger partial charge in [-0.2, -0.15) is 16.9 Å². The van der Waals surface area contributed by atoms with Crippen LogP contribution in [-0.4, -0.2) is 38.2 Å². The van der Waals surface area contributed by atoms with Crippen LogP contribution in [0.3, 0.4) is 0 Å². The van der Waals surface area contributed by atoms with E-state index in [1.807, 2.05) is 18.7 Å². The third-order valence-corrected chi connectivity index (χ3v) is 6.02. The predicted octanol–water partition coefficient (Wildman–Crippen LogP) is 1.99. The predicted molar refractivity (Wildman–Crippen MR) is 93.0 cm³/mol. The van der Waals surface area contributed by atoms with Gasteiger partial charge in [-0.05, 0) is 37.6 Å². The molecule has 0 bridgehead atoms. The van der Waals surface area contributed by atoms with Crippen LogP contribution in [0.5, 0.6) is 0 Å². The molecule has 128 valence electrons. The lowest BCUT2D eigenvalue weighted by Gasteiger charge is -2.25. The fourth-order valence-electron chi connectivity index (χ4n) is 3.58. The molecule has 0 aromatic carbocycles. The number of hydrogen-bond donors (Lipinski definition) is 0. The number of thioether (sulfide) groups is 1. The highest BCUT2D eigenvalue weighted by atomic mass is 32.2. The van der Waals surface area contributed by atoms with E-state index in [0.717, 1.165) is 66.4 Å². The minimum absolute atomic E-state index is 0.0317. The number of nitrogens with zero attached hydrogens (tertiary/aromatic N) is 4. The summed E-state index contributed by atoms with van der Waals surface area (Å²) in [6.07, 6.45) is 5.02. The van der Waals surface area contributed by atoms with Gasteiger partial charge in [-0.3, -0.25) is 9.69 Å². The van der Waals surface area contributed by atoms with E-state index >= 15 is 0 Å². The van der Waals surface area contributed by atoms with Gasteiger partial charge in [-0.25, -0.2) is 4.68 Å². The Balaban J connectivity index is 1.52. The second-order valence-electron chi connectivity index (χ2n) is 6.61. The lowest BCUT2D eigenvalue weighted by atomic mass is 10.2. The molecule has 0 amide bonds. The fraction of sp³-hybridized carbons (Fsp3) is 0.588. The summed E-state index contributed by atoms with van der Waals surface area (Å²) in [6.45, 7) is 4.49. The van der Waals surface area contributed by atoms with Gasteiger partial charge >= 0.3 is 0 Å². The molecule has 0 radical (unpaired) electrons. The minimum atomic E-state index is 0.0317. The van der Waals surface area contributed by atoms with Crippen molar-refractivity contribution in [1.82, 2.24) is 19.8 Å². The first-order chi connectivity index (χ1) is 11.7. The van der Waals surface area contributed by atoms with Crippen LogP contribution in [0, 0.1) is 6.92 Å². The largest absolute Gasteiger partial charge is 0.361 e. The monoisotopic (exact) mass is 346 g/mol. The molecule has 0 aliphatic carbocycles. The molecule has 2 aliphatic heterocycles. The second-order valence-corrected chi connectivity index (χ2v) is 7.72. The highest BCUT2D eigenvalue weighted by Gasteiger charge is 2.27. The zero-order valence-corrected chi connectivity index (χ0v) is 14.7. The van der Waals surface area contributed by atoms with E-state index < -0.39 is 0 Å². The summed E-state index contributed by atoms with van der Waals surface area (Å²) >= 11 is 1.88. The van der Waals surface area contributed by atoms with E-state index in [2.05, 4.69) is 15.2 Å². The van der Waals surface area contributed by atoms with Gasteiger partial charge in [-0.15, -0.1) is 0 Å². The maximum Gasteiger partial charge on any atom is 0.267 e. The number of rotatable bonds is 4. The Morgan fingerprint density at radius 2 is 2.38 bits per heavy atom. The number of fused-ring (bicyclic) bond motifs is 1. The minimum Gasteiger partial charge on any atom is -0.361 e. The topological polar surface area (TPSA) is 64.2 Å². The Morgan fingerprint density at radius 3 is 3.21 bits per heavy atom. The van der Waals surface area contributed by atoms with Gasteiger partial charge in [0.05, 0.1) is 18.4 Å². The maximum absolute atomic E-state index is 12.4. The zero-order chi connectivity index (χ0) is 16.5. The first-order valence-electron chi connectivity index (χ1n) is 8.52. The van der Waals surface area contributed by atoms with Crippen LogP contribution in [-0.2, 0) is 25.3 Å². The average Bonchev–Trinajstić information content (AvgIpc) is 3.18. The summed E-state index contributed by atoms with van der Waals surface area (Å²) in [5.41, 5.74) is 3.39. The van der Waals surface area contributed by atoms with E-state index in [1.54, 1.807) is 16.9 Å². The van der Waals surface area contributed by atoms with Crippen molar-refractivity contribution >= 4 is 11.8 Å². The molecule has 2 aromatic heterocycles. The van der Waals surface area contributed by atoms with Gasteiger partial charge < -0.3 is 4.52 Å². The molecule has 4 rings (SSSR count). The highest BCUT2D eigenvalue weighted by Crippen LogP contribution is 2.24. The fourth-order valence-corrected chi connectivity index (χ4v) is 4.53. The van der Waals surface area contributed by atoms with Gasteiger partial charge in [0.15, 0.2) is 0 Å². The van der Waals surface area contributed by atoms with Gasteiger partial charge in [0.2, 0.25) is 0 Å². The Morgan fingerprint density at radius 1 is 1.46 bits per heavy atom. The number of aryl methyl sites for hydroxylation is 2. The van der Waals surface area contributed by atoms with E-state index in [1.165, 1.54) is 0 Å². The van der Waals surface area contributed by atoms with E-state index in [0.29, 0.717) is 12.6 Å². The smallest absolute Gasteiger partial charge is 0.267 e. The summed E-state index contributed by atoms with van der Waals surface area (Å²) in [6, 6.07) is 2.14. The van der Waals surface area contributed by atoms with Crippen molar-refractivity contribution in [3.05, 3.63) is 45.2 Å². The molecule has 2 aliphatic rings. The van der Waals surface area contributed by atoms with Crippen LogP contribution >= 0.6 is 11.8 Å². The second kappa shape index (κ2) is 6.72. The molecule has 6 nitrogen and oxygen atoms in total. The van der Waals surface area contributed by atoms with Crippen molar-refractivity contribution in [3.8, 4) is 0 Å². The van der Waals surface area contributed by atoms with E-state index in [4.69, 9.17) is 4.52 Å². The van der Waals surface area contributed by atoms with Crippen molar-refractivity contribution in [3.63, 3.8) is 0 Å². The molecule has 1 saturated heterocycles. The first-order valence-corrected chi connectivity index (χ1v) is 9.68. The van der Waals surface area contributed by atoms with Crippen molar-refractivity contribution in [2.24, 2.45) is 0 Å². The molecule has 4 heterocycles. The molecule has 0 N–H and O–H groups in total. The third kappa shape index (κ3) is 3.15. The zero-order valence-electron chi connectivity index (χ0n) is 13.9. The van der Waals surface area contributed by atoms with Crippen molar-refractivity contribution in [2.45, 2.75) is 51.1 Å². The van der Waals surface area contributed by atoms with Crippen molar-refractivity contribution in [1.29, 1.82) is 0 Å². The molecule has 0 spiro atoms. The summed E-state index contributed by atoms with van der Waals surface area (Å²) in [4.78, 5) is 14.8. The Hall–Kier alpha value is -1.60. The van der Waals surface area contributed by atoms with Crippen LogP contribution in [0.4, 0.5) is 0 Å². The van der Waals surface area contributed by atoms with Crippen LogP contribution in [0.15, 0.2) is 21.6 Å². The maximum atomic E-state index is 12.4. The Bertz CT molecular complexity index is 785. The van der Waals surface area contributed by atoms with Crippen LogP contribution in [0.1, 0.15) is 35.4 Å². The first kappa shape index (κ1) is 15.9. The summed E-state index contributed by atoms with van der Waals surface area (Å²) < 4.78 is 6.84. The van der Waals surface area contributed by atoms with Gasteiger partial charge in [0.25, 0.3) is 5.56 Å². The SMILES string of the molecule is Cc1oncc1CN1CCCC1Cn1nc2c(cc1=O)CSCC2. The number of hydrogen-bond acceptors (Lipinski definition) is 6. The van der Waals surface area contributed by atoms with Crippen LogP contribution in [0.2, 0.25) is 0 Å². The van der Waals surface area contributed by atoms with Gasteiger partial charge in [0.1, 0.15) is 5.76 Å². The average molecular weight is 346 g/mol. The van der Waals surface area contributed by atoms with E-state index in [9.17, 15) is 4.79 Å². The Kier molecular flexibility index (Phi) is 4.45. The summed E-state index contributed by atoms with van der Waals surface area (Å²) in [5, 5.41) is 8.52. The Labute approximate surface area is 145 Å². The molecule has 1 fully saturated rings. The number of likely N-dealkylation sites (tertiary alicyclic amines) is 1. The van der Waals surface area contributed by atoms with Crippen LogP contribution in [0.25, 0.3) is 0 Å².